The lowest BCUT2D eigenvalue weighted by atomic mass is 10.0. The molecule has 188 valence electrons. The van der Waals surface area contributed by atoms with Crippen molar-refractivity contribution in [2.75, 3.05) is 36.4 Å². The number of carbonyl (C=O) groups is 1. The first kappa shape index (κ1) is 24.6. The van der Waals surface area contributed by atoms with Gasteiger partial charge in [0, 0.05) is 44.3 Å². The van der Waals surface area contributed by atoms with Crippen LogP contribution in [-0.4, -0.2) is 54.8 Å². The van der Waals surface area contributed by atoms with E-state index in [9.17, 15) is 13.2 Å². The molecule has 0 spiro atoms. The van der Waals surface area contributed by atoms with Gasteiger partial charge in [0.1, 0.15) is 5.82 Å². The van der Waals surface area contributed by atoms with E-state index in [1.807, 2.05) is 59.5 Å². The molecule has 0 bridgehead atoms. The van der Waals surface area contributed by atoms with Crippen LogP contribution in [0.3, 0.4) is 0 Å². The number of aromatic nitrogens is 2. The van der Waals surface area contributed by atoms with Gasteiger partial charge in [-0.3, -0.25) is 9.78 Å². The molecule has 37 heavy (non-hydrogen) atoms. The Morgan fingerprint density at radius 3 is 2.14 bits per heavy atom. The van der Waals surface area contributed by atoms with Crippen LogP contribution in [0.2, 0.25) is 0 Å². The lowest BCUT2D eigenvalue weighted by molar-refractivity contribution is -0.115. The van der Waals surface area contributed by atoms with E-state index in [0.717, 1.165) is 22.5 Å². The molecule has 1 aliphatic rings. The Hall–Kier alpha value is -4.08. The standard InChI is InChI=1S/C28H27N5O3S/c34-28(20-22-6-8-24(9-7-22)23-4-2-1-3-5-23)31-25-10-12-26(13-11-25)37(35,36)33-18-16-32(17-19-33)27-21-29-14-15-30-27/h1-15,21H,16-20H2,(H,31,34). The first-order valence-electron chi connectivity index (χ1n) is 12.0. The van der Waals surface area contributed by atoms with Gasteiger partial charge in [-0.1, -0.05) is 54.6 Å². The van der Waals surface area contributed by atoms with Crippen LogP contribution in [0.5, 0.6) is 0 Å². The Kier molecular flexibility index (Phi) is 7.25. The van der Waals surface area contributed by atoms with Crippen LogP contribution in [0, 0.1) is 0 Å². The Balaban J connectivity index is 1.16. The fourth-order valence-corrected chi connectivity index (χ4v) is 5.73. The van der Waals surface area contributed by atoms with E-state index in [0.29, 0.717) is 31.9 Å². The Bertz CT molecular complexity index is 1440. The van der Waals surface area contributed by atoms with Crippen molar-refractivity contribution in [1.82, 2.24) is 14.3 Å². The third kappa shape index (κ3) is 5.84. The molecule has 0 radical (unpaired) electrons. The topological polar surface area (TPSA) is 95.5 Å². The van der Waals surface area contributed by atoms with Crippen LogP contribution in [0.25, 0.3) is 11.1 Å². The largest absolute Gasteiger partial charge is 0.353 e. The van der Waals surface area contributed by atoms with Gasteiger partial charge in [-0.15, -0.1) is 0 Å². The highest BCUT2D eigenvalue weighted by Gasteiger charge is 2.29. The van der Waals surface area contributed by atoms with Crippen molar-refractivity contribution in [3.63, 3.8) is 0 Å². The smallest absolute Gasteiger partial charge is 0.243 e. The van der Waals surface area contributed by atoms with Gasteiger partial charge in [0.05, 0.1) is 17.5 Å². The summed E-state index contributed by atoms with van der Waals surface area (Å²) in [5.41, 5.74) is 3.67. The predicted octanol–water partition coefficient (Wildman–Crippen LogP) is 3.84. The molecule has 1 saturated heterocycles. The number of amides is 1. The van der Waals surface area contributed by atoms with Gasteiger partial charge < -0.3 is 10.2 Å². The highest BCUT2D eigenvalue weighted by atomic mass is 32.2. The Morgan fingerprint density at radius 1 is 0.811 bits per heavy atom. The molecule has 9 heteroatoms. The van der Waals surface area contributed by atoms with E-state index < -0.39 is 10.0 Å². The Morgan fingerprint density at radius 2 is 1.49 bits per heavy atom. The normalized spacial score (nSPS) is 14.3. The number of nitrogens with zero attached hydrogens (tertiary/aromatic N) is 4. The van der Waals surface area contributed by atoms with E-state index >= 15 is 0 Å². The summed E-state index contributed by atoms with van der Waals surface area (Å²) in [5.74, 6) is 0.579. The van der Waals surface area contributed by atoms with Gasteiger partial charge in [0.15, 0.2) is 0 Å². The summed E-state index contributed by atoms with van der Waals surface area (Å²) < 4.78 is 27.7. The minimum absolute atomic E-state index is 0.164. The van der Waals surface area contributed by atoms with Gasteiger partial charge in [0.25, 0.3) is 0 Å². The molecule has 8 nitrogen and oxygen atoms in total. The molecule has 4 aromatic rings. The molecule has 3 aromatic carbocycles. The lowest BCUT2D eigenvalue weighted by Gasteiger charge is -2.34. The summed E-state index contributed by atoms with van der Waals surface area (Å²) in [6.45, 7) is 1.80. The SMILES string of the molecule is O=C(Cc1ccc(-c2ccccc2)cc1)Nc1ccc(S(=O)(=O)N2CCN(c3cnccn3)CC2)cc1. The predicted molar refractivity (Wildman–Crippen MR) is 144 cm³/mol. The maximum Gasteiger partial charge on any atom is 0.243 e. The summed E-state index contributed by atoms with van der Waals surface area (Å²) >= 11 is 0. The monoisotopic (exact) mass is 513 g/mol. The molecular weight excluding hydrogens is 486 g/mol. The molecular formula is C28H27N5O3S. The average Bonchev–Trinajstić information content (AvgIpc) is 2.95. The first-order valence-corrected chi connectivity index (χ1v) is 13.5. The van der Waals surface area contributed by atoms with Crippen LogP contribution in [0.1, 0.15) is 5.56 Å². The zero-order valence-electron chi connectivity index (χ0n) is 20.2. The zero-order valence-corrected chi connectivity index (χ0v) is 21.0. The number of anilines is 2. The number of piperazine rings is 1. The van der Waals surface area contributed by atoms with E-state index in [1.165, 1.54) is 16.4 Å². The molecule has 1 N–H and O–H groups in total. The first-order chi connectivity index (χ1) is 18.0. The third-order valence-corrected chi connectivity index (χ3v) is 8.23. The number of hydrogen-bond donors (Lipinski definition) is 1. The van der Waals surface area contributed by atoms with Gasteiger partial charge in [-0.05, 0) is 41.0 Å². The summed E-state index contributed by atoms with van der Waals surface area (Å²) in [6.07, 6.45) is 5.14. The molecule has 1 aliphatic heterocycles. The lowest BCUT2D eigenvalue weighted by Crippen LogP contribution is -2.48. The highest BCUT2D eigenvalue weighted by Crippen LogP contribution is 2.22. The summed E-state index contributed by atoms with van der Waals surface area (Å²) in [4.78, 5) is 23.1. The van der Waals surface area contributed by atoms with Crippen molar-refractivity contribution < 1.29 is 13.2 Å². The summed E-state index contributed by atoms with van der Waals surface area (Å²) in [5, 5.41) is 2.85. The van der Waals surface area contributed by atoms with Crippen LogP contribution in [0.15, 0.2) is 102 Å². The number of benzene rings is 3. The minimum Gasteiger partial charge on any atom is -0.353 e. The van der Waals surface area contributed by atoms with Crippen molar-refractivity contribution in [1.29, 1.82) is 0 Å². The quantitative estimate of drug-likeness (QED) is 0.404. The number of carbonyl (C=O) groups excluding carboxylic acids is 1. The second-order valence-electron chi connectivity index (χ2n) is 8.77. The maximum atomic E-state index is 13.1. The number of rotatable bonds is 7. The zero-order chi connectivity index (χ0) is 25.7. The molecule has 0 unspecified atom stereocenters. The van der Waals surface area contributed by atoms with Crippen molar-refractivity contribution >= 4 is 27.4 Å². The third-order valence-electron chi connectivity index (χ3n) is 6.31. The maximum absolute atomic E-state index is 13.1. The summed E-state index contributed by atoms with van der Waals surface area (Å²) in [6, 6.07) is 24.3. The van der Waals surface area contributed by atoms with Gasteiger partial charge in [0.2, 0.25) is 15.9 Å². The van der Waals surface area contributed by atoms with Crippen LogP contribution in [0.4, 0.5) is 11.5 Å². The molecule has 5 rings (SSSR count). The van der Waals surface area contributed by atoms with Gasteiger partial charge >= 0.3 is 0 Å². The van der Waals surface area contributed by atoms with Gasteiger partial charge in [-0.2, -0.15) is 4.31 Å². The minimum atomic E-state index is -3.63. The number of nitrogens with one attached hydrogen (secondary N) is 1. The molecule has 0 aliphatic carbocycles. The van der Waals surface area contributed by atoms with Crippen molar-refractivity contribution in [3.8, 4) is 11.1 Å². The second-order valence-corrected chi connectivity index (χ2v) is 10.7. The van der Waals surface area contributed by atoms with Crippen LogP contribution in [-0.2, 0) is 21.2 Å². The van der Waals surface area contributed by atoms with Gasteiger partial charge in [-0.25, -0.2) is 13.4 Å². The average molecular weight is 514 g/mol. The number of hydrogen-bond acceptors (Lipinski definition) is 6. The van der Waals surface area contributed by atoms with E-state index in [-0.39, 0.29) is 17.2 Å². The van der Waals surface area contributed by atoms with E-state index in [4.69, 9.17) is 0 Å². The van der Waals surface area contributed by atoms with E-state index in [1.54, 1.807) is 30.7 Å². The fourth-order valence-electron chi connectivity index (χ4n) is 4.31. The molecule has 1 fully saturated rings. The molecule has 1 amide bonds. The highest BCUT2D eigenvalue weighted by molar-refractivity contribution is 7.89. The van der Waals surface area contributed by atoms with Crippen molar-refractivity contribution in [3.05, 3.63) is 103 Å². The fraction of sp³-hybridized carbons (Fsp3) is 0.179. The molecule has 2 heterocycles. The molecule has 1 aromatic heterocycles. The Labute approximate surface area is 216 Å². The van der Waals surface area contributed by atoms with Crippen LogP contribution < -0.4 is 10.2 Å². The van der Waals surface area contributed by atoms with Crippen molar-refractivity contribution in [2.45, 2.75) is 11.3 Å². The molecule has 0 atom stereocenters. The molecule has 0 saturated carbocycles. The summed E-state index contributed by atoms with van der Waals surface area (Å²) in [7, 11) is -3.63. The van der Waals surface area contributed by atoms with Crippen LogP contribution >= 0.6 is 0 Å². The number of sulfonamides is 1. The van der Waals surface area contributed by atoms with E-state index in [2.05, 4.69) is 15.3 Å². The van der Waals surface area contributed by atoms with Crippen molar-refractivity contribution in [2.24, 2.45) is 0 Å². The second kappa shape index (κ2) is 10.9.